The second-order valence-corrected chi connectivity index (χ2v) is 5.22. The number of phenolic OH excluding ortho intramolecular Hbond substituents is 1. The third-order valence-electron chi connectivity index (χ3n) is 2.99. The van der Waals surface area contributed by atoms with Crippen molar-refractivity contribution >= 4 is 27.5 Å². The van der Waals surface area contributed by atoms with Gasteiger partial charge in [-0.15, -0.1) is 0 Å². The number of carbonyl (C=O) groups excluding carboxylic acids is 1. The Hall–Kier alpha value is -1.81. The molecule has 1 amide bonds. The number of aromatic hydroxyl groups is 1. The van der Waals surface area contributed by atoms with Crippen molar-refractivity contribution < 1.29 is 9.90 Å². The Kier molecular flexibility index (Phi) is 3.90. The minimum atomic E-state index is -0.239. The normalized spacial score (nSPS) is 10.3. The Labute approximate surface area is 120 Å². The quantitative estimate of drug-likeness (QED) is 0.878. The van der Waals surface area contributed by atoms with Crippen molar-refractivity contribution in [3.05, 3.63) is 57.6 Å². The fraction of sp³-hybridized carbons (Fsp3) is 0.133. The van der Waals surface area contributed by atoms with E-state index in [-0.39, 0.29) is 11.7 Å². The fourth-order valence-corrected chi connectivity index (χ4v) is 2.05. The van der Waals surface area contributed by atoms with Crippen molar-refractivity contribution in [1.82, 2.24) is 0 Å². The zero-order valence-electron chi connectivity index (χ0n) is 10.7. The van der Waals surface area contributed by atoms with Crippen molar-refractivity contribution in [2.75, 3.05) is 5.32 Å². The van der Waals surface area contributed by atoms with Gasteiger partial charge in [0.1, 0.15) is 5.75 Å². The molecule has 0 aliphatic heterocycles. The first kappa shape index (κ1) is 13.6. The fourth-order valence-electron chi connectivity index (χ4n) is 1.69. The minimum absolute atomic E-state index is 0.124. The molecule has 0 heterocycles. The first-order valence-electron chi connectivity index (χ1n) is 5.85. The maximum atomic E-state index is 12.1. The number of aryl methyl sites for hydroxylation is 1. The van der Waals surface area contributed by atoms with Gasteiger partial charge in [-0.2, -0.15) is 0 Å². The van der Waals surface area contributed by atoms with Crippen LogP contribution in [0.5, 0.6) is 5.75 Å². The van der Waals surface area contributed by atoms with Gasteiger partial charge in [0, 0.05) is 15.7 Å². The number of carbonyl (C=O) groups is 1. The van der Waals surface area contributed by atoms with Crippen LogP contribution in [0.15, 0.2) is 40.9 Å². The van der Waals surface area contributed by atoms with E-state index >= 15 is 0 Å². The summed E-state index contributed by atoms with van der Waals surface area (Å²) in [5, 5.41) is 12.5. The molecule has 2 aromatic rings. The van der Waals surface area contributed by atoms with Crippen molar-refractivity contribution in [3.63, 3.8) is 0 Å². The molecule has 0 atom stereocenters. The largest absolute Gasteiger partial charge is 0.508 e. The van der Waals surface area contributed by atoms with Gasteiger partial charge in [0.25, 0.3) is 5.91 Å². The van der Waals surface area contributed by atoms with E-state index in [9.17, 15) is 9.90 Å². The summed E-state index contributed by atoms with van der Waals surface area (Å²) in [6.45, 7) is 3.71. The Morgan fingerprint density at radius 1 is 1.21 bits per heavy atom. The van der Waals surface area contributed by atoms with E-state index in [0.717, 1.165) is 21.3 Å². The van der Waals surface area contributed by atoms with E-state index in [4.69, 9.17) is 0 Å². The van der Waals surface area contributed by atoms with E-state index in [1.807, 2.05) is 25.1 Å². The molecular formula is C15H14BrNO2. The summed E-state index contributed by atoms with van der Waals surface area (Å²) in [5.41, 5.74) is 2.89. The highest BCUT2D eigenvalue weighted by atomic mass is 79.9. The third-order valence-corrected chi connectivity index (χ3v) is 3.85. The molecule has 2 rings (SSSR count). The molecule has 98 valence electrons. The molecule has 4 heteroatoms. The van der Waals surface area contributed by atoms with Crippen LogP contribution in [0.1, 0.15) is 21.5 Å². The molecule has 3 nitrogen and oxygen atoms in total. The monoisotopic (exact) mass is 319 g/mol. The molecule has 0 unspecified atom stereocenters. The maximum absolute atomic E-state index is 12.1. The van der Waals surface area contributed by atoms with Crippen molar-refractivity contribution in [2.24, 2.45) is 0 Å². The van der Waals surface area contributed by atoms with Gasteiger partial charge in [0.2, 0.25) is 0 Å². The Morgan fingerprint density at radius 3 is 2.63 bits per heavy atom. The first-order valence-corrected chi connectivity index (χ1v) is 6.64. The van der Waals surface area contributed by atoms with Crippen LogP contribution in [0.2, 0.25) is 0 Å². The van der Waals surface area contributed by atoms with Crippen LogP contribution in [0.4, 0.5) is 5.69 Å². The van der Waals surface area contributed by atoms with Crippen LogP contribution in [0, 0.1) is 13.8 Å². The van der Waals surface area contributed by atoms with Gasteiger partial charge in [0.15, 0.2) is 0 Å². The van der Waals surface area contributed by atoms with Crippen molar-refractivity contribution in [2.45, 2.75) is 13.8 Å². The number of hydrogen-bond donors (Lipinski definition) is 2. The first-order chi connectivity index (χ1) is 8.99. The van der Waals surface area contributed by atoms with Gasteiger partial charge in [-0.3, -0.25) is 4.79 Å². The third kappa shape index (κ3) is 2.96. The lowest BCUT2D eigenvalue weighted by atomic mass is 10.1. The van der Waals surface area contributed by atoms with E-state index in [2.05, 4.69) is 21.2 Å². The summed E-state index contributed by atoms with van der Waals surface area (Å²) >= 11 is 3.42. The zero-order chi connectivity index (χ0) is 14.0. The average Bonchev–Trinajstić information content (AvgIpc) is 2.38. The summed E-state index contributed by atoms with van der Waals surface area (Å²) in [5.74, 6) is -0.116. The number of benzene rings is 2. The van der Waals surface area contributed by atoms with Gasteiger partial charge in [-0.1, -0.05) is 28.1 Å². The molecule has 0 aliphatic carbocycles. The van der Waals surface area contributed by atoms with E-state index in [1.54, 1.807) is 19.1 Å². The molecule has 0 fully saturated rings. The molecule has 2 aromatic carbocycles. The van der Waals surface area contributed by atoms with Gasteiger partial charge in [-0.05, 0) is 49.2 Å². The Balaban J connectivity index is 2.26. The maximum Gasteiger partial charge on any atom is 0.255 e. The smallest absolute Gasteiger partial charge is 0.255 e. The Morgan fingerprint density at radius 2 is 1.95 bits per heavy atom. The summed E-state index contributed by atoms with van der Waals surface area (Å²) in [6, 6.07) is 10.5. The predicted octanol–water partition coefficient (Wildman–Crippen LogP) is 4.02. The van der Waals surface area contributed by atoms with Crippen LogP contribution < -0.4 is 5.32 Å². The minimum Gasteiger partial charge on any atom is -0.508 e. The molecule has 0 spiro atoms. The second-order valence-electron chi connectivity index (χ2n) is 4.37. The molecule has 0 saturated carbocycles. The number of rotatable bonds is 2. The summed E-state index contributed by atoms with van der Waals surface area (Å²) in [4.78, 5) is 12.1. The van der Waals surface area contributed by atoms with E-state index in [0.29, 0.717) is 5.56 Å². The second kappa shape index (κ2) is 5.45. The lowest BCUT2D eigenvalue weighted by Crippen LogP contribution is -2.12. The number of amides is 1. The zero-order valence-corrected chi connectivity index (χ0v) is 12.3. The molecule has 0 saturated heterocycles. The predicted molar refractivity (Wildman–Crippen MR) is 79.7 cm³/mol. The standard InChI is InChI=1S/C15H14BrNO2/c1-9-6-7-11(8-14(9)18)15(19)17-13-5-3-4-12(16)10(13)2/h3-8,18H,1-2H3,(H,17,19). The molecule has 2 N–H and O–H groups in total. The molecule has 0 aliphatic rings. The molecular weight excluding hydrogens is 306 g/mol. The van der Waals surface area contributed by atoms with Crippen molar-refractivity contribution in [1.29, 1.82) is 0 Å². The van der Waals surface area contributed by atoms with Crippen LogP contribution in [0.3, 0.4) is 0 Å². The van der Waals surface area contributed by atoms with Crippen LogP contribution in [-0.2, 0) is 0 Å². The van der Waals surface area contributed by atoms with Gasteiger partial charge in [-0.25, -0.2) is 0 Å². The number of nitrogens with one attached hydrogen (secondary N) is 1. The van der Waals surface area contributed by atoms with Gasteiger partial charge >= 0.3 is 0 Å². The van der Waals surface area contributed by atoms with Crippen LogP contribution in [0.25, 0.3) is 0 Å². The molecule has 0 bridgehead atoms. The average molecular weight is 320 g/mol. The van der Waals surface area contributed by atoms with Gasteiger partial charge in [0.05, 0.1) is 0 Å². The van der Waals surface area contributed by atoms with Crippen LogP contribution in [-0.4, -0.2) is 11.0 Å². The number of anilines is 1. The Bertz CT molecular complexity index is 638. The highest BCUT2D eigenvalue weighted by Gasteiger charge is 2.10. The van der Waals surface area contributed by atoms with Gasteiger partial charge < -0.3 is 10.4 Å². The topological polar surface area (TPSA) is 49.3 Å². The highest BCUT2D eigenvalue weighted by Crippen LogP contribution is 2.24. The number of hydrogen-bond acceptors (Lipinski definition) is 2. The molecule has 19 heavy (non-hydrogen) atoms. The summed E-state index contributed by atoms with van der Waals surface area (Å²) in [7, 11) is 0. The molecule has 0 radical (unpaired) electrons. The lowest BCUT2D eigenvalue weighted by Gasteiger charge is -2.10. The van der Waals surface area contributed by atoms with Crippen LogP contribution >= 0.6 is 15.9 Å². The van der Waals surface area contributed by atoms with E-state index in [1.165, 1.54) is 6.07 Å². The highest BCUT2D eigenvalue weighted by molar-refractivity contribution is 9.10. The number of halogens is 1. The summed E-state index contributed by atoms with van der Waals surface area (Å²) < 4.78 is 0.942. The lowest BCUT2D eigenvalue weighted by molar-refractivity contribution is 0.102. The number of phenols is 1. The van der Waals surface area contributed by atoms with E-state index < -0.39 is 0 Å². The molecule has 0 aromatic heterocycles. The SMILES string of the molecule is Cc1ccc(C(=O)Nc2cccc(Br)c2C)cc1O. The summed E-state index contributed by atoms with van der Waals surface area (Å²) in [6.07, 6.45) is 0. The van der Waals surface area contributed by atoms with Crippen molar-refractivity contribution in [3.8, 4) is 5.75 Å².